The van der Waals surface area contributed by atoms with E-state index in [9.17, 15) is 4.79 Å². The third-order valence-electron chi connectivity index (χ3n) is 7.76. The zero-order chi connectivity index (χ0) is 28.6. The molecule has 7 nitrogen and oxygen atoms in total. The Morgan fingerprint density at radius 2 is 1.97 bits per heavy atom. The van der Waals surface area contributed by atoms with E-state index in [0.29, 0.717) is 25.6 Å². The fourth-order valence-corrected chi connectivity index (χ4v) is 4.66. The third-order valence-corrected chi connectivity index (χ3v) is 7.76. The van der Waals surface area contributed by atoms with Crippen molar-refractivity contribution in [1.29, 1.82) is 0 Å². The quantitative estimate of drug-likeness (QED) is 0.302. The zero-order valence-electron chi connectivity index (χ0n) is 25.6. The molecule has 4 atom stereocenters. The molecule has 0 aromatic carbocycles. The van der Waals surface area contributed by atoms with E-state index >= 15 is 0 Å². The highest BCUT2D eigenvalue weighted by molar-refractivity contribution is 6.20. The summed E-state index contributed by atoms with van der Waals surface area (Å²) in [7, 11) is 3.44. The second-order valence-electron chi connectivity index (χ2n) is 11.8. The number of carbonyl (C=O) groups excluding carboxylic acids is 1. The molecule has 1 unspecified atom stereocenters. The minimum absolute atomic E-state index is 0.0552. The van der Waals surface area contributed by atoms with Crippen LogP contribution < -0.4 is 21.3 Å². The first-order valence-electron chi connectivity index (χ1n) is 13.9. The van der Waals surface area contributed by atoms with E-state index in [1.165, 1.54) is 5.56 Å². The van der Waals surface area contributed by atoms with Gasteiger partial charge in [0.25, 0.3) is 0 Å². The highest BCUT2D eigenvalue weighted by Gasteiger charge is 2.34. The molecule has 0 saturated heterocycles. The molecule has 1 aliphatic rings. The molecular formula is C31H51N5O2. The summed E-state index contributed by atoms with van der Waals surface area (Å²) < 4.78 is 5.06. The number of aromatic amines is 1. The molecule has 1 aromatic heterocycles. The number of amides is 1. The Bertz CT molecular complexity index is 1170. The smallest absolute Gasteiger partial charge is 0.220 e. The second-order valence-corrected chi connectivity index (χ2v) is 11.8. The van der Waals surface area contributed by atoms with Gasteiger partial charge in [0.1, 0.15) is 0 Å². The third kappa shape index (κ3) is 8.77. The van der Waals surface area contributed by atoms with Crippen LogP contribution in [0.25, 0.3) is 11.6 Å². The van der Waals surface area contributed by atoms with Crippen LogP contribution in [0.4, 0.5) is 0 Å². The number of aliphatic imine (C=N–C) groups is 2. The van der Waals surface area contributed by atoms with Crippen LogP contribution in [0.2, 0.25) is 0 Å². The van der Waals surface area contributed by atoms with E-state index < -0.39 is 0 Å². The number of rotatable bonds is 11. The summed E-state index contributed by atoms with van der Waals surface area (Å²) in [5.74, 6) is 0.439. The van der Waals surface area contributed by atoms with E-state index in [1.807, 2.05) is 6.92 Å². The molecule has 38 heavy (non-hydrogen) atoms. The van der Waals surface area contributed by atoms with Gasteiger partial charge in [0.2, 0.25) is 5.91 Å². The molecule has 1 amide bonds. The maximum Gasteiger partial charge on any atom is 0.220 e. The van der Waals surface area contributed by atoms with Gasteiger partial charge in [-0.3, -0.25) is 14.8 Å². The number of ether oxygens (including phenoxy) is 1. The Balaban J connectivity index is 2.44. The Hall–Kier alpha value is -2.51. The maximum atomic E-state index is 12.5. The van der Waals surface area contributed by atoms with Gasteiger partial charge in [0.05, 0.1) is 6.61 Å². The number of aryl methyl sites for hydroxylation is 1. The first kappa shape index (κ1) is 31.7. The van der Waals surface area contributed by atoms with Gasteiger partial charge in [-0.2, -0.15) is 0 Å². The van der Waals surface area contributed by atoms with Gasteiger partial charge in [0.15, 0.2) is 0 Å². The van der Waals surface area contributed by atoms with E-state index in [4.69, 9.17) is 9.73 Å². The Kier molecular flexibility index (Phi) is 11.7. The highest BCUT2D eigenvalue weighted by Crippen LogP contribution is 2.36. The van der Waals surface area contributed by atoms with Crippen molar-refractivity contribution in [1.82, 2.24) is 15.6 Å². The molecule has 2 rings (SSSR count). The van der Waals surface area contributed by atoms with Crippen LogP contribution in [0.15, 0.2) is 27.8 Å². The average molecular weight is 526 g/mol. The van der Waals surface area contributed by atoms with Crippen molar-refractivity contribution in [3.05, 3.63) is 34.1 Å². The lowest BCUT2D eigenvalue weighted by molar-refractivity contribution is -0.121. The van der Waals surface area contributed by atoms with Crippen molar-refractivity contribution in [3.8, 4) is 0 Å². The van der Waals surface area contributed by atoms with Crippen LogP contribution in [0.5, 0.6) is 0 Å². The van der Waals surface area contributed by atoms with Crippen LogP contribution in [0.1, 0.15) is 73.8 Å². The lowest BCUT2D eigenvalue weighted by Crippen LogP contribution is -2.42. The number of H-pyrrole nitrogens is 1. The van der Waals surface area contributed by atoms with Crippen molar-refractivity contribution >= 4 is 29.0 Å². The van der Waals surface area contributed by atoms with Gasteiger partial charge in [-0.05, 0) is 75.8 Å². The molecule has 0 aliphatic carbocycles. The highest BCUT2D eigenvalue weighted by atomic mass is 16.5. The van der Waals surface area contributed by atoms with Gasteiger partial charge in [-0.1, -0.05) is 27.7 Å². The summed E-state index contributed by atoms with van der Waals surface area (Å²) in [5, 5.41) is 8.80. The molecule has 3 N–H and O–H groups in total. The summed E-state index contributed by atoms with van der Waals surface area (Å²) >= 11 is 0. The van der Waals surface area contributed by atoms with Crippen molar-refractivity contribution in [2.24, 2.45) is 27.2 Å². The van der Waals surface area contributed by atoms with Gasteiger partial charge in [-0.25, -0.2) is 0 Å². The van der Waals surface area contributed by atoms with Gasteiger partial charge >= 0.3 is 0 Å². The van der Waals surface area contributed by atoms with Crippen LogP contribution >= 0.6 is 0 Å². The number of hydrogen-bond donors (Lipinski definition) is 3. The van der Waals surface area contributed by atoms with Gasteiger partial charge in [-0.15, -0.1) is 0 Å². The second kappa shape index (κ2) is 14.0. The predicted molar refractivity (Wildman–Crippen MR) is 161 cm³/mol. The number of carbonyl (C=O) groups is 1. The molecule has 0 saturated carbocycles. The molecule has 0 fully saturated rings. The lowest BCUT2D eigenvalue weighted by Gasteiger charge is -2.30. The molecule has 2 heterocycles. The van der Waals surface area contributed by atoms with Crippen LogP contribution in [-0.4, -0.2) is 61.7 Å². The Labute approximate surface area is 230 Å². The predicted octanol–water partition coefficient (Wildman–Crippen LogP) is 3.91. The molecule has 0 spiro atoms. The molecule has 1 aromatic rings. The molecule has 0 bridgehead atoms. The van der Waals surface area contributed by atoms with Crippen LogP contribution in [0.3, 0.4) is 0 Å². The van der Waals surface area contributed by atoms with Gasteiger partial charge < -0.3 is 20.4 Å². The van der Waals surface area contributed by atoms with E-state index in [2.05, 4.69) is 94.2 Å². The van der Waals surface area contributed by atoms with Crippen molar-refractivity contribution in [2.45, 2.75) is 87.2 Å². The first-order chi connectivity index (χ1) is 17.8. The number of hydrogen-bond acceptors (Lipinski definition) is 5. The van der Waals surface area contributed by atoms with E-state index in [0.717, 1.165) is 39.8 Å². The van der Waals surface area contributed by atoms with E-state index in [1.54, 1.807) is 14.2 Å². The Morgan fingerprint density at radius 1 is 1.29 bits per heavy atom. The number of methoxy groups -OCH3 is 1. The zero-order valence-corrected chi connectivity index (χ0v) is 25.6. The van der Waals surface area contributed by atoms with Crippen LogP contribution in [-0.2, 0) is 9.53 Å². The fourth-order valence-electron chi connectivity index (χ4n) is 4.66. The fraction of sp³-hybridized carbons (Fsp3) is 0.645. The standard InChI is InChI=1S/C31H51N5O2/c1-19-16-27(35-26(19)17-20(2)32-10)23(5)30-25(12-13-29(37)33-14-15-38-11)22(4)28(36-30)18-21(3)34-24(6)31(7,8)9/h16-18,21-22,24-25,34-35H,12-15H2,1-11H3,(H,33,37)/b26-17-,27-23-,28-18-,32-20?/t21?,22-,24-,25-/m0/s1. The largest absolute Gasteiger partial charge is 0.383 e. The van der Waals surface area contributed by atoms with Crippen molar-refractivity contribution < 1.29 is 9.53 Å². The SMILES string of the molecule is CN=C(C)/C=c1\[nH]/c(=C(/C)C2=N/C(=C\C(C)N[C@@H](C)C(C)(C)C)[C@@H](C)[C@@H]2CCC(=O)NCCOC)cc1C. The number of nitrogens with one attached hydrogen (secondary N) is 3. The molecular weight excluding hydrogens is 474 g/mol. The van der Waals surface area contributed by atoms with Gasteiger partial charge in [0, 0.05) is 78.9 Å². The van der Waals surface area contributed by atoms with E-state index in [-0.39, 0.29) is 29.2 Å². The van der Waals surface area contributed by atoms with Crippen molar-refractivity contribution in [3.63, 3.8) is 0 Å². The minimum Gasteiger partial charge on any atom is -0.383 e. The summed E-state index contributed by atoms with van der Waals surface area (Å²) in [4.78, 5) is 25.6. The lowest BCUT2D eigenvalue weighted by atomic mass is 9.83. The monoisotopic (exact) mass is 525 g/mol. The first-order valence-corrected chi connectivity index (χ1v) is 13.9. The summed E-state index contributed by atoms with van der Waals surface area (Å²) in [6, 6.07) is 2.73. The summed E-state index contributed by atoms with van der Waals surface area (Å²) in [6.45, 7) is 20.7. The summed E-state index contributed by atoms with van der Waals surface area (Å²) in [6.07, 6.45) is 5.54. The minimum atomic E-state index is 0.0552. The normalized spacial score (nSPS) is 22.5. The molecule has 0 radical (unpaired) electrons. The Morgan fingerprint density at radius 3 is 2.58 bits per heavy atom. The average Bonchev–Trinajstić information content (AvgIpc) is 3.35. The molecule has 212 valence electrons. The molecule has 1 aliphatic heterocycles. The maximum absolute atomic E-state index is 12.5. The van der Waals surface area contributed by atoms with Crippen molar-refractivity contribution in [2.75, 3.05) is 27.3 Å². The topological polar surface area (TPSA) is 90.9 Å². The number of aromatic nitrogens is 1. The number of allylic oxidation sites excluding steroid dienone is 1. The molecule has 7 heteroatoms. The number of nitrogens with zero attached hydrogens (tertiary/aromatic N) is 2. The summed E-state index contributed by atoms with van der Waals surface area (Å²) in [5.41, 5.74) is 5.61. The van der Waals surface area contributed by atoms with Crippen LogP contribution in [0, 0.1) is 24.2 Å².